The van der Waals surface area contributed by atoms with Crippen molar-refractivity contribution in [2.45, 2.75) is 51.9 Å². The lowest BCUT2D eigenvalue weighted by Crippen LogP contribution is -2.37. The third kappa shape index (κ3) is 7.24. The molecule has 0 radical (unpaired) electrons. The highest BCUT2D eigenvalue weighted by Crippen LogP contribution is 2.41. The van der Waals surface area contributed by atoms with E-state index in [1.807, 2.05) is 81.4 Å². The maximum atomic E-state index is 14.3. The number of thioether (sulfide) groups is 2. The maximum Gasteiger partial charge on any atom is 0.277 e. The molecule has 0 aliphatic heterocycles. The molecular weight excluding hydrogens is 627 g/mol. The van der Waals surface area contributed by atoms with Crippen LogP contribution in [0.25, 0.3) is 0 Å². The zero-order valence-corrected chi connectivity index (χ0v) is 27.9. The Hall–Kier alpha value is -3.50. The Balaban J connectivity index is 1.68. The molecule has 0 atom stereocenters. The maximum absolute atomic E-state index is 14.3. The lowest BCUT2D eigenvalue weighted by molar-refractivity contribution is 0.584. The van der Waals surface area contributed by atoms with E-state index in [0.717, 1.165) is 37.6 Å². The first-order chi connectivity index (χ1) is 21.1. The van der Waals surface area contributed by atoms with E-state index in [1.54, 1.807) is 59.9 Å². The van der Waals surface area contributed by atoms with Gasteiger partial charge in [-0.2, -0.15) is 3.71 Å². The van der Waals surface area contributed by atoms with Gasteiger partial charge in [0.05, 0.1) is 15.5 Å². The number of benzene rings is 5. The summed E-state index contributed by atoms with van der Waals surface area (Å²) in [6.07, 6.45) is 0. The number of nitrogens with zero attached hydrogens (tertiary/aromatic N) is 1. The molecule has 0 fully saturated rings. The Morgan fingerprint density at radius 2 is 0.886 bits per heavy atom. The van der Waals surface area contributed by atoms with E-state index in [9.17, 15) is 16.8 Å². The molecule has 0 spiro atoms. The molecule has 0 saturated heterocycles. The molecule has 0 heterocycles. The number of anilines is 1. The number of aryl methyl sites for hydroxylation is 2. The van der Waals surface area contributed by atoms with Crippen molar-refractivity contribution in [3.63, 3.8) is 0 Å². The molecular formula is C35H33NO4S4. The van der Waals surface area contributed by atoms with Gasteiger partial charge in [0.25, 0.3) is 20.0 Å². The van der Waals surface area contributed by atoms with Gasteiger partial charge in [0.2, 0.25) is 0 Å². The molecule has 0 N–H and O–H groups in total. The predicted octanol–water partition coefficient (Wildman–Crippen LogP) is 8.78. The molecule has 0 aliphatic rings. The van der Waals surface area contributed by atoms with Gasteiger partial charge in [-0.25, -0.2) is 16.8 Å². The molecule has 0 aromatic heterocycles. The fourth-order valence-corrected chi connectivity index (χ4v) is 10.4. The minimum absolute atomic E-state index is 0.0721. The lowest BCUT2D eigenvalue weighted by Gasteiger charge is -2.26. The molecule has 0 unspecified atom stereocenters. The molecule has 5 aromatic rings. The van der Waals surface area contributed by atoms with E-state index < -0.39 is 20.0 Å². The van der Waals surface area contributed by atoms with Gasteiger partial charge < -0.3 is 0 Å². The van der Waals surface area contributed by atoms with Gasteiger partial charge in [-0.15, -0.1) is 23.5 Å². The van der Waals surface area contributed by atoms with Crippen LogP contribution in [0.4, 0.5) is 5.69 Å². The average molecular weight is 660 g/mol. The van der Waals surface area contributed by atoms with Crippen LogP contribution in [0.3, 0.4) is 0 Å². The fraction of sp³-hybridized carbons (Fsp3) is 0.143. The normalized spacial score (nSPS) is 11.8. The van der Waals surface area contributed by atoms with Crippen LogP contribution in [0, 0.1) is 20.8 Å². The number of hydrogen-bond acceptors (Lipinski definition) is 6. The van der Waals surface area contributed by atoms with Crippen molar-refractivity contribution in [2.75, 3.05) is 3.71 Å². The molecule has 9 heteroatoms. The monoisotopic (exact) mass is 659 g/mol. The standard InChI is InChI=1S/C35H33NO4S4/c1-26-14-18-32(19-15-26)43(37,38)36(44(39,40)33-20-16-27(2)17-21-33)31-22-34(41-24-29-10-6-4-7-11-29)28(3)35(23-31)42-25-30-12-8-5-9-13-30/h4-23H,24-25H2,1-3H3. The van der Waals surface area contributed by atoms with Crippen molar-refractivity contribution >= 4 is 49.3 Å². The average Bonchev–Trinajstić information content (AvgIpc) is 3.01. The zero-order chi connectivity index (χ0) is 31.3. The lowest BCUT2D eigenvalue weighted by atomic mass is 10.2. The highest BCUT2D eigenvalue weighted by atomic mass is 32.3. The van der Waals surface area contributed by atoms with E-state index in [-0.39, 0.29) is 15.5 Å². The molecule has 5 nitrogen and oxygen atoms in total. The topological polar surface area (TPSA) is 71.5 Å². The van der Waals surface area contributed by atoms with Crippen molar-refractivity contribution in [1.82, 2.24) is 0 Å². The van der Waals surface area contributed by atoms with E-state index in [2.05, 4.69) is 0 Å². The van der Waals surface area contributed by atoms with E-state index in [4.69, 9.17) is 0 Å². The molecule has 0 bridgehead atoms. The van der Waals surface area contributed by atoms with Crippen LogP contribution in [0.2, 0.25) is 0 Å². The van der Waals surface area contributed by atoms with Crippen molar-refractivity contribution in [1.29, 1.82) is 0 Å². The summed E-state index contributed by atoms with van der Waals surface area (Å²) < 4.78 is 57.9. The van der Waals surface area contributed by atoms with Crippen molar-refractivity contribution in [3.05, 3.63) is 149 Å². The van der Waals surface area contributed by atoms with E-state index >= 15 is 0 Å². The summed E-state index contributed by atoms with van der Waals surface area (Å²) >= 11 is 3.11. The molecule has 226 valence electrons. The highest BCUT2D eigenvalue weighted by Gasteiger charge is 2.37. The van der Waals surface area contributed by atoms with Crippen LogP contribution in [-0.4, -0.2) is 16.8 Å². The summed E-state index contributed by atoms with van der Waals surface area (Å²) in [7, 11) is -9.08. The first-order valence-corrected chi connectivity index (χ1v) is 18.8. The molecule has 5 aromatic carbocycles. The predicted molar refractivity (Wildman–Crippen MR) is 182 cm³/mol. The van der Waals surface area contributed by atoms with Crippen molar-refractivity contribution < 1.29 is 16.8 Å². The van der Waals surface area contributed by atoms with Gasteiger partial charge in [-0.1, -0.05) is 96.1 Å². The van der Waals surface area contributed by atoms with Gasteiger partial charge >= 0.3 is 0 Å². The Labute approximate surface area is 269 Å². The minimum Gasteiger partial charge on any atom is -0.200 e. The fourth-order valence-electron chi connectivity index (χ4n) is 4.54. The van der Waals surface area contributed by atoms with Crippen LogP contribution >= 0.6 is 23.5 Å². The summed E-state index contributed by atoms with van der Waals surface area (Å²) in [6, 6.07) is 35.8. The molecule has 5 rings (SSSR count). The third-order valence-corrected chi connectivity index (χ3v) is 13.7. The Bertz CT molecular complexity index is 1800. The SMILES string of the molecule is Cc1ccc(S(=O)(=O)N(c2cc(SCc3ccccc3)c(C)c(SCc3ccccc3)c2)S(=O)(=O)c2ccc(C)cc2)cc1. The summed E-state index contributed by atoms with van der Waals surface area (Å²) in [6.45, 7) is 5.70. The first kappa shape index (κ1) is 31.9. The van der Waals surface area contributed by atoms with Gasteiger partial charge in [0.15, 0.2) is 0 Å². The van der Waals surface area contributed by atoms with Crippen LogP contribution < -0.4 is 3.71 Å². The van der Waals surface area contributed by atoms with Crippen LogP contribution in [0.1, 0.15) is 27.8 Å². The van der Waals surface area contributed by atoms with Gasteiger partial charge in [-0.3, -0.25) is 0 Å². The minimum atomic E-state index is -4.54. The van der Waals surface area contributed by atoms with Gasteiger partial charge in [0, 0.05) is 21.3 Å². The highest BCUT2D eigenvalue weighted by molar-refractivity contribution is 8.10. The van der Waals surface area contributed by atoms with Crippen molar-refractivity contribution in [3.8, 4) is 0 Å². The second-order valence-electron chi connectivity index (χ2n) is 10.4. The quantitative estimate of drug-likeness (QED) is 0.132. The largest absolute Gasteiger partial charge is 0.277 e. The number of sulfonamides is 2. The molecule has 44 heavy (non-hydrogen) atoms. The summed E-state index contributed by atoms with van der Waals surface area (Å²) in [5, 5.41) is 0. The molecule has 0 aliphatic carbocycles. The second kappa shape index (κ2) is 13.6. The molecule has 0 amide bonds. The Morgan fingerprint density at radius 3 is 1.25 bits per heavy atom. The first-order valence-electron chi connectivity index (χ1n) is 14.0. The Morgan fingerprint density at radius 1 is 0.523 bits per heavy atom. The van der Waals surface area contributed by atoms with Crippen molar-refractivity contribution in [2.24, 2.45) is 0 Å². The summed E-state index contributed by atoms with van der Waals surface area (Å²) in [5.74, 6) is 1.28. The Kier molecular flexibility index (Phi) is 9.90. The molecule has 0 saturated carbocycles. The zero-order valence-electron chi connectivity index (χ0n) is 24.7. The second-order valence-corrected chi connectivity index (χ2v) is 16.3. The number of hydrogen-bond donors (Lipinski definition) is 0. The smallest absolute Gasteiger partial charge is 0.200 e. The van der Waals surface area contributed by atoms with E-state index in [1.165, 1.54) is 24.3 Å². The van der Waals surface area contributed by atoms with Crippen LogP contribution in [0.15, 0.2) is 141 Å². The van der Waals surface area contributed by atoms with Gasteiger partial charge in [0.1, 0.15) is 0 Å². The third-order valence-electron chi connectivity index (χ3n) is 7.06. The van der Waals surface area contributed by atoms with Crippen LogP contribution in [0.5, 0.6) is 0 Å². The number of rotatable bonds is 11. The van der Waals surface area contributed by atoms with Crippen LogP contribution in [-0.2, 0) is 31.6 Å². The summed E-state index contributed by atoms with van der Waals surface area (Å²) in [5.41, 5.74) is 4.99. The van der Waals surface area contributed by atoms with E-state index in [0.29, 0.717) is 15.2 Å². The van der Waals surface area contributed by atoms with Gasteiger partial charge in [-0.05, 0) is 73.9 Å². The summed E-state index contributed by atoms with van der Waals surface area (Å²) in [4.78, 5) is 1.42.